The van der Waals surface area contributed by atoms with E-state index >= 15 is 0 Å². The van der Waals surface area contributed by atoms with E-state index in [2.05, 4.69) is 94.9 Å². The van der Waals surface area contributed by atoms with Crippen LogP contribution in [0.5, 0.6) is 0 Å². The first-order chi connectivity index (χ1) is 22.8. The van der Waals surface area contributed by atoms with Gasteiger partial charge in [0.15, 0.2) is 17.5 Å². The highest BCUT2D eigenvalue weighted by atomic mass is 15.0. The first-order valence-electron chi connectivity index (χ1n) is 15.2. The zero-order valence-electron chi connectivity index (χ0n) is 24.8. The molecule has 0 radical (unpaired) electrons. The number of nitrogens with zero attached hydrogens (tertiary/aromatic N) is 5. The Balaban J connectivity index is 1.22. The van der Waals surface area contributed by atoms with Crippen molar-refractivity contribution in [3.8, 4) is 67.7 Å². The molecule has 216 valence electrons. The van der Waals surface area contributed by atoms with Gasteiger partial charge in [-0.25, -0.2) is 24.9 Å². The van der Waals surface area contributed by atoms with E-state index in [0.29, 0.717) is 17.5 Å². The molecule has 0 N–H and O–H groups in total. The van der Waals surface area contributed by atoms with Crippen LogP contribution in [0.25, 0.3) is 78.4 Å². The Morgan fingerprint density at radius 3 is 1.50 bits per heavy atom. The standard InChI is InChI=1S/C41H27N5/c1-3-10-32(11-4-1)39-44-40(33-12-5-2-6-13-33)46-41(45-39)34-21-15-29(16-22-34)36-24-23-28-9-7-8-14-35(28)38(36)31-19-17-30(18-20-31)37-25-26-42-27-43-37/h1-27H. The molecular weight excluding hydrogens is 562 g/mol. The van der Waals surface area contributed by atoms with Gasteiger partial charge in [0.05, 0.1) is 5.69 Å². The van der Waals surface area contributed by atoms with Gasteiger partial charge >= 0.3 is 0 Å². The van der Waals surface area contributed by atoms with Crippen molar-refractivity contribution in [2.45, 2.75) is 0 Å². The van der Waals surface area contributed by atoms with Gasteiger partial charge in [-0.15, -0.1) is 0 Å². The molecule has 5 heteroatoms. The molecule has 0 amide bonds. The molecule has 0 unspecified atom stereocenters. The molecule has 5 nitrogen and oxygen atoms in total. The van der Waals surface area contributed by atoms with Crippen molar-refractivity contribution >= 4 is 10.8 Å². The van der Waals surface area contributed by atoms with E-state index in [-0.39, 0.29) is 0 Å². The van der Waals surface area contributed by atoms with Crippen LogP contribution in [0.1, 0.15) is 0 Å². The molecule has 0 fully saturated rings. The smallest absolute Gasteiger partial charge is 0.164 e. The van der Waals surface area contributed by atoms with E-state index in [1.54, 1.807) is 12.5 Å². The highest BCUT2D eigenvalue weighted by molar-refractivity contribution is 6.04. The molecule has 0 aliphatic heterocycles. The summed E-state index contributed by atoms with van der Waals surface area (Å²) >= 11 is 0. The van der Waals surface area contributed by atoms with E-state index in [1.165, 1.54) is 16.3 Å². The minimum Gasteiger partial charge on any atom is -0.245 e. The van der Waals surface area contributed by atoms with Crippen molar-refractivity contribution < 1.29 is 0 Å². The van der Waals surface area contributed by atoms with Crippen molar-refractivity contribution in [3.05, 3.63) is 164 Å². The number of hydrogen-bond acceptors (Lipinski definition) is 5. The SMILES string of the molecule is c1ccc(-c2nc(-c3ccccc3)nc(-c3ccc(-c4ccc5ccccc5c4-c4ccc(-c5ccncn5)cc4)cc3)n2)cc1. The van der Waals surface area contributed by atoms with Crippen molar-refractivity contribution in [2.75, 3.05) is 0 Å². The van der Waals surface area contributed by atoms with Crippen LogP contribution in [-0.2, 0) is 0 Å². The van der Waals surface area contributed by atoms with Gasteiger partial charge in [0.25, 0.3) is 0 Å². The van der Waals surface area contributed by atoms with Gasteiger partial charge in [0, 0.05) is 28.5 Å². The second kappa shape index (κ2) is 12.0. The Bertz CT molecular complexity index is 2210. The highest BCUT2D eigenvalue weighted by Gasteiger charge is 2.15. The summed E-state index contributed by atoms with van der Waals surface area (Å²) in [5.74, 6) is 1.94. The Labute approximate surface area is 267 Å². The van der Waals surface area contributed by atoms with Crippen LogP contribution in [0.2, 0.25) is 0 Å². The fourth-order valence-corrected chi connectivity index (χ4v) is 5.83. The molecule has 0 saturated carbocycles. The Morgan fingerprint density at radius 1 is 0.370 bits per heavy atom. The zero-order chi connectivity index (χ0) is 30.7. The van der Waals surface area contributed by atoms with Crippen LogP contribution in [-0.4, -0.2) is 24.9 Å². The molecule has 0 aliphatic rings. The summed E-state index contributed by atoms with van der Waals surface area (Å²) in [4.78, 5) is 23.1. The Kier molecular flexibility index (Phi) is 7.09. The quantitative estimate of drug-likeness (QED) is 0.193. The average molecular weight is 590 g/mol. The van der Waals surface area contributed by atoms with Gasteiger partial charge in [0.2, 0.25) is 0 Å². The van der Waals surface area contributed by atoms with Crippen molar-refractivity contribution in [2.24, 2.45) is 0 Å². The van der Waals surface area contributed by atoms with Crippen molar-refractivity contribution in [1.82, 2.24) is 24.9 Å². The maximum atomic E-state index is 4.91. The lowest BCUT2D eigenvalue weighted by Gasteiger charge is -2.15. The van der Waals surface area contributed by atoms with Gasteiger partial charge in [-0.1, -0.05) is 146 Å². The second-order valence-electron chi connectivity index (χ2n) is 11.0. The normalized spacial score (nSPS) is 11.0. The van der Waals surface area contributed by atoms with E-state index in [4.69, 9.17) is 15.0 Å². The molecule has 0 spiro atoms. The lowest BCUT2D eigenvalue weighted by molar-refractivity contribution is 1.07. The summed E-state index contributed by atoms with van der Waals surface area (Å²) in [6, 6.07) is 52.1. The van der Waals surface area contributed by atoms with Crippen LogP contribution < -0.4 is 0 Å². The van der Waals surface area contributed by atoms with Crippen LogP contribution >= 0.6 is 0 Å². The Hall–Kier alpha value is -6.33. The monoisotopic (exact) mass is 589 g/mol. The Morgan fingerprint density at radius 2 is 0.891 bits per heavy atom. The summed E-state index contributed by atoms with van der Waals surface area (Å²) in [5.41, 5.74) is 9.40. The number of benzene rings is 6. The average Bonchev–Trinajstić information content (AvgIpc) is 3.15. The molecule has 0 bridgehead atoms. The van der Waals surface area contributed by atoms with Crippen LogP contribution in [0.15, 0.2) is 164 Å². The minimum atomic E-state index is 0.637. The minimum absolute atomic E-state index is 0.637. The third-order valence-electron chi connectivity index (χ3n) is 8.13. The molecule has 8 rings (SSSR count). The first-order valence-corrected chi connectivity index (χ1v) is 15.2. The number of hydrogen-bond donors (Lipinski definition) is 0. The molecule has 2 heterocycles. The predicted molar refractivity (Wildman–Crippen MR) is 186 cm³/mol. The second-order valence-corrected chi connectivity index (χ2v) is 11.0. The van der Waals surface area contributed by atoms with Gasteiger partial charge < -0.3 is 0 Å². The van der Waals surface area contributed by atoms with E-state index in [1.807, 2.05) is 66.7 Å². The van der Waals surface area contributed by atoms with Gasteiger partial charge in [0.1, 0.15) is 6.33 Å². The molecule has 2 aromatic heterocycles. The van der Waals surface area contributed by atoms with Gasteiger partial charge in [-0.3, -0.25) is 0 Å². The van der Waals surface area contributed by atoms with Crippen LogP contribution in [0.4, 0.5) is 0 Å². The molecule has 46 heavy (non-hydrogen) atoms. The number of aromatic nitrogens is 5. The van der Waals surface area contributed by atoms with Gasteiger partial charge in [-0.2, -0.15) is 0 Å². The maximum absolute atomic E-state index is 4.91. The zero-order valence-corrected chi connectivity index (χ0v) is 24.8. The summed E-state index contributed by atoms with van der Waals surface area (Å²) in [7, 11) is 0. The third-order valence-corrected chi connectivity index (χ3v) is 8.13. The third kappa shape index (κ3) is 5.31. The van der Waals surface area contributed by atoms with E-state index in [0.717, 1.165) is 44.6 Å². The van der Waals surface area contributed by atoms with E-state index in [9.17, 15) is 0 Å². The highest BCUT2D eigenvalue weighted by Crippen LogP contribution is 2.39. The van der Waals surface area contributed by atoms with E-state index < -0.39 is 0 Å². The summed E-state index contributed by atoms with van der Waals surface area (Å²) in [5, 5.41) is 2.40. The molecule has 8 aromatic rings. The fourth-order valence-electron chi connectivity index (χ4n) is 5.83. The summed E-state index contributed by atoms with van der Waals surface area (Å²) < 4.78 is 0. The van der Waals surface area contributed by atoms with Crippen LogP contribution in [0, 0.1) is 0 Å². The summed E-state index contributed by atoms with van der Waals surface area (Å²) in [6.45, 7) is 0. The van der Waals surface area contributed by atoms with Crippen molar-refractivity contribution in [3.63, 3.8) is 0 Å². The molecule has 0 aliphatic carbocycles. The molecule has 0 saturated heterocycles. The molecule has 6 aromatic carbocycles. The lowest BCUT2D eigenvalue weighted by atomic mass is 9.89. The first kappa shape index (κ1) is 27.2. The molecule has 0 atom stereocenters. The largest absolute Gasteiger partial charge is 0.245 e. The number of rotatable bonds is 6. The topological polar surface area (TPSA) is 64.5 Å². The lowest BCUT2D eigenvalue weighted by Crippen LogP contribution is -2.00. The number of fused-ring (bicyclic) bond motifs is 1. The maximum Gasteiger partial charge on any atom is 0.164 e. The predicted octanol–water partition coefficient (Wildman–Crippen LogP) is 9.82. The van der Waals surface area contributed by atoms with Crippen LogP contribution in [0.3, 0.4) is 0 Å². The molecular formula is C41H27N5. The van der Waals surface area contributed by atoms with Crippen molar-refractivity contribution in [1.29, 1.82) is 0 Å². The fraction of sp³-hybridized carbons (Fsp3) is 0. The van der Waals surface area contributed by atoms with Gasteiger partial charge in [-0.05, 0) is 39.1 Å². The summed E-state index contributed by atoms with van der Waals surface area (Å²) in [6.07, 6.45) is 3.35.